The Labute approximate surface area is 188 Å². The predicted octanol–water partition coefficient (Wildman–Crippen LogP) is 2.15. The van der Waals surface area contributed by atoms with Crippen molar-refractivity contribution in [3.05, 3.63) is 29.8 Å². The van der Waals surface area contributed by atoms with Crippen molar-refractivity contribution in [1.29, 1.82) is 0 Å². The molecule has 2 saturated heterocycles. The third kappa shape index (κ3) is 5.80. The van der Waals surface area contributed by atoms with Crippen molar-refractivity contribution < 1.29 is 14.4 Å². The van der Waals surface area contributed by atoms with E-state index in [-0.39, 0.29) is 17.7 Å². The van der Waals surface area contributed by atoms with Crippen LogP contribution in [0.4, 0.5) is 5.69 Å². The van der Waals surface area contributed by atoms with Crippen molar-refractivity contribution in [3.63, 3.8) is 0 Å². The van der Waals surface area contributed by atoms with E-state index in [0.717, 1.165) is 50.5 Å². The molecule has 31 heavy (non-hydrogen) atoms. The molecule has 0 unspecified atom stereocenters. The van der Waals surface area contributed by atoms with Gasteiger partial charge < -0.3 is 15.1 Å². The molecule has 3 amide bonds. The molecule has 1 aromatic rings. The van der Waals surface area contributed by atoms with Gasteiger partial charge in [0.15, 0.2) is 0 Å². The van der Waals surface area contributed by atoms with Crippen LogP contribution in [0, 0.1) is 5.92 Å². The van der Waals surface area contributed by atoms with Gasteiger partial charge in [0.2, 0.25) is 11.8 Å². The molecule has 3 aliphatic rings. The molecule has 1 N–H and O–H groups in total. The first kappa shape index (κ1) is 22.1. The number of nitrogens with one attached hydrogen (secondary N) is 1. The Morgan fingerprint density at radius 1 is 0.935 bits per heavy atom. The first-order valence-electron chi connectivity index (χ1n) is 11.4. The number of hydrogen-bond donors (Lipinski definition) is 1. The van der Waals surface area contributed by atoms with Crippen molar-refractivity contribution in [2.75, 3.05) is 62.6 Å². The summed E-state index contributed by atoms with van der Waals surface area (Å²) in [6.07, 6.45) is 4.39. The van der Waals surface area contributed by atoms with Crippen LogP contribution in [0.5, 0.6) is 0 Å². The first-order chi connectivity index (χ1) is 15.1. The lowest BCUT2D eigenvalue weighted by Gasteiger charge is -2.35. The van der Waals surface area contributed by atoms with Crippen molar-refractivity contribution >= 4 is 35.2 Å². The van der Waals surface area contributed by atoms with Gasteiger partial charge in [-0.3, -0.25) is 19.3 Å². The highest BCUT2D eigenvalue weighted by molar-refractivity contribution is 7.99. The lowest BCUT2D eigenvalue weighted by Crippen LogP contribution is -2.51. The largest absolute Gasteiger partial charge is 0.340 e. The van der Waals surface area contributed by atoms with E-state index in [0.29, 0.717) is 36.8 Å². The zero-order valence-electron chi connectivity index (χ0n) is 18.1. The summed E-state index contributed by atoms with van der Waals surface area (Å²) in [5.74, 6) is 2.40. The fourth-order valence-electron chi connectivity index (χ4n) is 4.64. The molecule has 2 heterocycles. The SMILES string of the molecule is O=C(CN1CCN(C(=O)C2CCCC2)CC1)Nc1cccc(C(=O)N2CCSCC2)c1. The van der Waals surface area contributed by atoms with Crippen LogP contribution >= 0.6 is 11.8 Å². The Balaban J connectivity index is 1.24. The number of thioether (sulfide) groups is 1. The van der Waals surface area contributed by atoms with Crippen LogP contribution in [-0.2, 0) is 9.59 Å². The quantitative estimate of drug-likeness (QED) is 0.753. The van der Waals surface area contributed by atoms with Crippen LogP contribution in [0.3, 0.4) is 0 Å². The molecule has 7 nitrogen and oxygen atoms in total. The van der Waals surface area contributed by atoms with Gasteiger partial charge in [-0.05, 0) is 31.0 Å². The van der Waals surface area contributed by atoms with E-state index in [2.05, 4.69) is 10.2 Å². The summed E-state index contributed by atoms with van der Waals surface area (Å²) in [5.41, 5.74) is 1.26. The maximum atomic E-state index is 12.7. The Morgan fingerprint density at radius 2 is 1.65 bits per heavy atom. The van der Waals surface area contributed by atoms with E-state index in [9.17, 15) is 14.4 Å². The fraction of sp³-hybridized carbons (Fsp3) is 0.609. The van der Waals surface area contributed by atoms with Gasteiger partial charge in [-0.25, -0.2) is 0 Å². The maximum absolute atomic E-state index is 12.7. The van der Waals surface area contributed by atoms with E-state index in [1.165, 1.54) is 12.8 Å². The number of anilines is 1. The molecule has 2 aliphatic heterocycles. The van der Waals surface area contributed by atoms with Crippen LogP contribution in [0.2, 0.25) is 0 Å². The molecule has 168 valence electrons. The standard InChI is InChI=1S/C23H32N4O3S/c28-21(17-25-8-10-26(11-9-25)22(29)18-4-1-2-5-18)24-20-7-3-6-19(16-20)23(30)27-12-14-31-15-13-27/h3,6-7,16,18H,1-2,4-5,8-15,17H2,(H,24,28). The summed E-state index contributed by atoms with van der Waals surface area (Å²) < 4.78 is 0. The summed E-state index contributed by atoms with van der Waals surface area (Å²) >= 11 is 1.87. The minimum atomic E-state index is -0.0884. The minimum Gasteiger partial charge on any atom is -0.340 e. The monoisotopic (exact) mass is 444 g/mol. The highest BCUT2D eigenvalue weighted by atomic mass is 32.2. The van der Waals surface area contributed by atoms with Crippen molar-refractivity contribution in [2.45, 2.75) is 25.7 Å². The smallest absolute Gasteiger partial charge is 0.253 e. The Hall–Kier alpha value is -2.06. The second-order valence-corrected chi connectivity index (χ2v) is 9.84. The van der Waals surface area contributed by atoms with Gasteiger partial charge in [0.05, 0.1) is 6.54 Å². The second kappa shape index (κ2) is 10.5. The molecule has 0 radical (unpaired) electrons. The Morgan fingerprint density at radius 3 is 2.35 bits per heavy atom. The summed E-state index contributed by atoms with van der Waals surface area (Å²) in [4.78, 5) is 43.8. The summed E-state index contributed by atoms with van der Waals surface area (Å²) in [6, 6.07) is 7.20. The third-order valence-corrected chi connectivity index (χ3v) is 7.39. The summed E-state index contributed by atoms with van der Waals surface area (Å²) in [5, 5.41) is 2.93. The summed E-state index contributed by atoms with van der Waals surface area (Å²) in [7, 11) is 0. The van der Waals surface area contributed by atoms with Crippen molar-refractivity contribution in [2.24, 2.45) is 5.92 Å². The lowest BCUT2D eigenvalue weighted by atomic mass is 10.1. The Kier molecular flexibility index (Phi) is 7.50. The molecule has 3 fully saturated rings. The molecular weight excluding hydrogens is 412 g/mol. The molecule has 0 spiro atoms. The number of benzene rings is 1. The van der Waals surface area contributed by atoms with Crippen LogP contribution in [0.25, 0.3) is 0 Å². The lowest BCUT2D eigenvalue weighted by molar-refractivity contribution is -0.137. The van der Waals surface area contributed by atoms with E-state index in [4.69, 9.17) is 0 Å². The van der Waals surface area contributed by atoms with Crippen molar-refractivity contribution in [1.82, 2.24) is 14.7 Å². The third-order valence-electron chi connectivity index (χ3n) is 6.45. The van der Waals surface area contributed by atoms with Crippen LogP contribution < -0.4 is 5.32 Å². The minimum absolute atomic E-state index is 0.0273. The molecule has 4 rings (SSSR count). The average Bonchev–Trinajstić information content (AvgIpc) is 3.34. The van der Waals surface area contributed by atoms with Gasteiger partial charge in [-0.2, -0.15) is 11.8 Å². The normalized spacial score (nSPS) is 20.6. The van der Waals surface area contributed by atoms with Gasteiger partial charge in [0.25, 0.3) is 5.91 Å². The number of carbonyl (C=O) groups excluding carboxylic acids is 3. The molecule has 0 bridgehead atoms. The highest BCUT2D eigenvalue weighted by Gasteiger charge is 2.29. The van der Waals surface area contributed by atoms with Crippen LogP contribution in [0.15, 0.2) is 24.3 Å². The summed E-state index contributed by atoms with van der Waals surface area (Å²) in [6.45, 7) is 4.67. The molecule has 1 aromatic carbocycles. The zero-order valence-corrected chi connectivity index (χ0v) is 18.9. The van der Waals surface area contributed by atoms with E-state index in [1.54, 1.807) is 12.1 Å². The molecular formula is C23H32N4O3S. The van der Waals surface area contributed by atoms with E-state index < -0.39 is 0 Å². The van der Waals surface area contributed by atoms with Gasteiger partial charge in [0, 0.05) is 67.9 Å². The van der Waals surface area contributed by atoms with Gasteiger partial charge >= 0.3 is 0 Å². The predicted molar refractivity (Wildman–Crippen MR) is 123 cm³/mol. The number of carbonyl (C=O) groups is 3. The molecule has 0 aromatic heterocycles. The highest BCUT2D eigenvalue weighted by Crippen LogP contribution is 2.27. The number of hydrogen-bond acceptors (Lipinski definition) is 5. The van der Waals surface area contributed by atoms with Crippen molar-refractivity contribution in [3.8, 4) is 0 Å². The zero-order chi connectivity index (χ0) is 21.6. The number of piperazine rings is 1. The number of amides is 3. The average molecular weight is 445 g/mol. The van der Waals surface area contributed by atoms with E-state index >= 15 is 0 Å². The number of rotatable bonds is 5. The van der Waals surface area contributed by atoms with Gasteiger partial charge in [-0.1, -0.05) is 18.9 Å². The van der Waals surface area contributed by atoms with Crippen LogP contribution in [0.1, 0.15) is 36.0 Å². The fourth-order valence-corrected chi connectivity index (χ4v) is 5.54. The second-order valence-electron chi connectivity index (χ2n) is 8.62. The van der Waals surface area contributed by atoms with Crippen LogP contribution in [-0.4, -0.2) is 89.7 Å². The Bertz CT molecular complexity index is 798. The molecule has 0 atom stereocenters. The van der Waals surface area contributed by atoms with Gasteiger partial charge in [-0.15, -0.1) is 0 Å². The number of nitrogens with zero attached hydrogens (tertiary/aromatic N) is 3. The topological polar surface area (TPSA) is 73.0 Å². The molecule has 1 saturated carbocycles. The molecule has 1 aliphatic carbocycles. The molecule has 8 heteroatoms. The van der Waals surface area contributed by atoms with E-state index in [1.807, 2.05) is 33.7 Å². The van der Waals surface area contributed by atoms with Gasteiger partial charge in [0.1, 0.15) is 0 Å². The first-order valence-corrected chi connectivity index (χ1v) is 12.5. The maximum Gasteiger partial charge on any atom is 0.253 e.